The van der Waals surface area contributed by atoms with Gasteiger partial charge < -0.3 is 4.90 Å². The number of hydrogen-bond acceptors (Lipinski definition) is 6. The molecule has 0 unspecified atom stereocenters. The van der Waals surface area contributed by atoms with Crippen molar-refractivity contribution in [1.82, 2.24) is 14.2 Å². The summed E-state index contributed by atoms with van der Waals surface area (Å²) in [6.45, 7) is 0.712. The van der Waals surface area contributed by atoms with E-state index in [2.05, 4.69) is 17.1 Å². The second kappa shape index (κ2) is 12.9. The Bertz CT molecular complexity index is 1520. The van der Waals surface area contributed by atoms with Crippen LogP contribution in [0.25, 0.3) is 11.1 Å². The Balaban J connectivity index is 1.57. The molecule has 0 saturated heterocycles. The predicted octanol–water partition coefficient (Wildman–Crippen LogP) is 5.16. The Kier molecular flexibility index (Phi) is 9.40. The minimum atomic E-state index is -3.69. The van der Waals surface area contributed by atoms with Crippen molar-refractivity contribution < 1.29 is 18.0 Å². The zero-order chi connectivity index (χ0) is 27.8. The number of benzene rings is 3. The van der Waals surface area contributed by atoms with Crippen molar-refractivity contribution >= 4 is 33.1 Å². The zero-order valence-electron chi connectivity index (χ0n) is 22.0. The highest BCUT2D eigenvalue weighted by molar-refractivity contribution is 7.89. The van der Waals surface area contributed by atoms with Crippen LogP contribution in [-0.4, -0.2) is 60.7 Å². The van der Waals surface area contributed by atoms with Crippen molar-refractivity contribution in [3.63, 3.8) is 0 Å². The van der Waals surface area contributed by atoms with Crippen LogP contribution in [0.1, 0.15) is 37.8 Å². The average molecular weight is 562 g/mol. The van der Waals surface area contributed by atoms with E-state index in [-0.39, 0.29) is 18.1 Å². The molecule has 3 aromatic carbocycles. The predicted molar refractivity (Wildman–Crippen MR) is 155 cm³/mol. The number of Topliss-reactive ketones (excluding diaryl/α,β-unsaturated/α-hetero) is 1. The van der Waals surface area contributed by atoms with Crippen molar-refractivity contribution in [2.24, 2.45) is 0 Å². The quantitative estimate of drug-likeness (QED) is 0.223. The van der Waals surface area contributed by atoms with E-state index in [0.717, 1.165) is 28.3 Å². The molecule has 0 fully saturated rings. The molecule has 0 bridgehead atoms. The number of sulfonamides is 1. The first-order valence-corrected chi connectivity index (χ1v) is 15.1. The summed E-state index contributed by atoms with van der Waals surface area (Å²) < 4.78 is 25.3. The second-order valence-electron chi connectivity index (χ2n) is 9.32. The molecule has 39 heavy (non-hydrogen) atoms. The van der Waals surface area contributed by atoms with Crippen molar-refractivity contribution in [2.45, 2.75) is 19.4 Å². The molecule has 0 atom stereocenters. The van der Waals surface area contributed by atoms with E-state index in [4.69, 9.17) is 0 Å². The van der Waals surface area contributed by atoms with Crippen LogP contribution < -0.4 is 0 Å². The van der Waals surface area contributed by atoms with E-state index < -0.39 is 21.6 Å². The summed E-state index contributed by atoms with van der Waals surface area (Å²) in [5.41, 5.74) is 3.68. The van der Waals surface area contributed by atoms with Crippen LogP contribution in [-0.2, 0) is 23.0 Å². The molecule has 1 heterocycles. The third kappa shape index (κ3) is 7.47. The first-order valence-electron chi connectivity index (χ1n) is 12.6. The molecular weight excluding hydrogens is 530 g/mol. The molecule has 0 N–H and O–H groups in total. The molecule has 0 spiro atoms. The number of carbonyl (C=O) groups excluding carboxylic acids is 2. The van der Waals surface area contributed by atoms with Crippen LogP contribution >= 0.6 is 11.3 Å². The lowest BCUT2D eigenvalue weighted by molar-refractivity contribution is 0.0742. The number of aromatic nitrogens is 1. The van der Waals surface area contributed by atoms with E-state index in [1.807, 2.05) is 72.8 Å². The fourth-order valence-electron chi connectivity index (χ4n) is 4.12. The van der Waals surface area contributed by atoms with E-state index in [1.54, 1.807) is 10.3 Å². The highest BCUT2D eigenvalue weighted by Crippen LogP contribution is 2.26. The van der Waals surface area contributed by atoms with Gasteiger partial charge in [-0.25, -0.2) is 17.7 Å². The summed E-state index contributed by atoms with van der Waals surface area (Å²) in [5.74, 6) is -1.34. The van der Waals surface area contributed by atoms with Gasteiger partial charge in [0.05, 0.1) is 6.54 Å². The third-order valence-corrected chi connectivity index (χ3v) is 8.87. The number of carbonyl (C=O) groups is 2. The molecule has 0 aliphatic heterocycles. The van der Waals surface area contributed by atoms with Crippen LogP contribution in [0.2, 0.25) is 0 Å². The molecule has 0 saturated carbocycles. The minimum Gasteiger partial charge on any atom is -0.332 e. The summed E-state index contributed by atoms with van der Waals surface area (Å²) in [6, 6.07) is 27.4. The number of hydrogen-bond donors (Lipinski definition) is 0. The van der Waals surface area contributed by atoms with E-state index >= 15 is 0 Å². The molecule has 4 aromatic rings. The minimum absolute atomic E-state index is 0.0989. The van der Waals surface area contributed by atoms with Gasteiger partial charge in [-0.05, 0) is 35.6 Å². The first-order chi connectivity index (χ1) is 18.7. The monoisotopic (exact) mass is 561 g/mol. The summed E-state index contributed by atoms with van der Waals surface area (Å²) >= 11 is 1.25. The molecule has 202 valence electrons. The Morgan fingerprint density at radius 2 is 1.51 bits per heavy atom. The summed E-state index contributed by atoms with van der Waals surface area (Å²) in [5, 5.41) is 2.14. The van der Waals surface area contributed by atoms with Crippen LogP contribution in [0.4, 0.5) is 0 Å². The number of amides is 1. The Morgan fingerprint density at radius 1 is 0.872 bits per heavy atom. The Hall–Kier alpha value is -3.66. The van der Waals surface area contributed by atoms with Crippen LogP contribution in [0.15, 0.2) is 90.3 Å². The molecule has 0 aliphatic rings. The number of ketones is 1. The molecule has 4 rings (SSSR count). The van der Waals surface area contributed by atoms with Gasteiger partial charge in [-0.2, -0.15) is 0 Å². The standard InChI is InChI=1S/C30H31N3O4S2/c1-32(2)39(36,37)22-28(34)27-21-38-29(31-27)20-33(19-11-14-23-12-5-3-6-13-23)30(35)26-18-10-9-17-25(26)24-15-7-4-8-16-24/h3-10,12-13,15-18,21H,11,14,19-20,22H2,1-2H3. The van der Waals surface area contributed by atoms with Crippen molar-refractivity contribution in [3.8, 4) is 11.1 Å². The first kappa shape index (κ1) is 28.4. The normalized spacial score (nSPS) is 11.5. The summed E-state index contributed by atoms with van der Waals surface area (Å²) in [6.07, 6.45) is 1.57. The van der Waals surface area contributed by atoms with Gasteiger partial charge in [-0.3, -0.25) is 9.59 Å². The maximum Gasteiger partial charge on any atom is 0.254 e. The number of rotatable bonds is 12. The van der Waals surface area contributed by atoms with E-state index in [9.17, 15) is 18.0 Å². The third-order valence-electron chi connectivity index (χ3n) is 6.30. The van der Waals surface area contributed by atoms with Gasteiger partial charge in [-0.15, -0.1) is 11.3 Å². The lowest BCUT2D eigenvalue weighted by Gasteiger charge is -2.23. The lowest BCUT2D eigenvalue weighted by atomic mass is 9.98. The van der Waals surface area contributed by atoms with Gasteiger partial charge in [0.15, 0.2) is 5.78 Å². The Labute approximate surface area is 233 Å². The van der Waals surface area contributed by atoms with Crippen LogP contribution in [0, 0.1) is 0 Å². The van der Waals surface area contributed by atoms with Gasteiger partial charge in [0.2, 0.25) is 10.0 Å². The number of aryl methyl sites for hydroxylation is 1. The van der Waals surface area contributed by atoms with Gasteiger partial charge in [0.1, 0.15) is 16.5 Å². The molecule has 1 aromatic heterocycles. The topological polar surface area (TPSA) is 87.7 Å². The van der Waals surface area contributed by atoms with Crippen molar-refractivity contribution in [2.75, 3.05) is 26.4 Å². The lowest BCUT2D eigenvalue weighted by Crippen LogP contribution is -2.32. The highest BCUT2D eigenvalue weighted by atomic mass is 32.2. The molecule has 7 nitrogen and oxygen atoms in total. The fourth-order valence-corrected chi connectivity index (χ4v) is 5.67. The smallest absolute Gasteiger partial charge is 0.254 e. The molecule has 0 aliphatic carbocycles. The fraction of sp³-hybridized carbons (Fsp3) is 0.233. The molecule has 9 heteroatoms. The summed E-state index contributed by atoms with van der Waals surface area (Å²) in [4.78, 5) is 32.7. The van der Waals surface area contributed by atoms with Crippen LogP contribution in [0.3, 0.4) is 0 Å². The van der Waals surface area contributed by atoms with E-state index in [0.29, 0.717) is 17.1 Å². The SMILES string of the molecule is CN(C)S(=O)(=O)CC(=O)c1csc(CN(CCCc2ccccc2)C(=O)c2ccccc2-c2ccccc2)n1. The van der Waals surface area contributed by atoms with Crippen molar-refractivity contribution in [3.05, 3.63) is 112 Å². The Morgan fingerprint density at radius 3 is 2.21 bits per heavy atom. The molecule has 0 radical (unpaired) electrons. The average Bonchev–Trinajstić information content (AvgIpc) is 3.42. The highest BCUT2D eigenvalue weighted by Gasteiger charge is 2.24. The number of nitrogens with zero attached hydrogens (tertiary/aromatic N) is 3. The van der Waals surface area contributed by atoms with Gasteiger partial charge in [0.25, 0.3) is 5.91 Å². The van der Waals surface area contributed by atoms with Crippen molar-refractivity contribution in [1.29, 1.82) is 0 Å². The summed E-state index contributed by atoms with van der Waals surface area (Å²) in [7, 11) is -0.914. The maximum absolute atomic E-state index is 13.9. The van der Waals surface area contributed by atoms with Gasteiger partial charge in [-0.1, -0.05) is 78.9 Å². The van der Waals surface area contributed by atoms with Gasteiger partial charge in [0, 0.05) is 31.6 Å². The zero-order valence-corrected chi connectivity index (χ0v) is 23.6. The molecular formula is C30H31N3O4S2. The second-order valence-corrected chi connectivity index (χ2v) is 12.4. The van der Waals surface area contributed by atoms with Crippen LogP contribution in [0.5, 0.6) is 0 Å². The molecule has 1 amide bonds. The maximum atomic E-state index is 13.9. The van der Waals surface area contributed by atoms with E-state index in [1.165, 1.54) is 31.0 Å². The largest absolute Gasteiger partial charge is 0.332 e. The number of thiazole rings is 1. The van der Waals surface area contributed by atoms with Gasteiger partial charge >= 0.3 is 0 Å².